The lowest BCUT2D eigenvalue weighted by molar-refractivity contribution is -0.149. The Labute approximate surface area is 227 Å². The molecule has 1 aromatic heterocycles. The van der Waals surface area contributed by atoms with Crippen LogP contribution < -0.4 is 14.8 Å². The number of furan rings is 1. The van der Waals surface area contributed by atoms with Gasteiger partial charge in [0.05, 0.1) is 25.5 Å². The minimum absolute atomic E-state index is 0.00272. The third-order valence-corrected chi connectivity index (χ3v) is 7.13. The van der Waals surface area contributed by atoms with Gasteiger partial charge in [0, 0.05) is 6.04 Å². The monoisotopic (exact) mass is 532 g/mol. The van der Waals surface area contributed by atoms with Gasteiger partial charge in [-0.1, -0.05) is 43.5 Å². The second-order valence-electron chi connectivity index (χ2n) is 9.77. The summed E-state index contributed by atoms with van der Waals surface area (Å²) in [5, 5.41) is 3.17. The zero-order chi connectivity index (χ0) is 27.2. The Hall–Kier alpha value is -4.27. The first-order valence-corrected chi connectivity index (χ1v) is 13.2. The van der Waals surface area contributed by atoms with E-state index in [0.717, 1.165) is 32.1 Å². The number of hydrogen-bond acceptors (Lipinski definition) is 7. The topological polar surface area (TPSA) is 107 Å². The predicted molar refractivity (Wildman–Crippen MR) is 141 cm³/mol. The van der Waals surface area contributed by atoms with Crippen LogP contribution in [0.4, 0.5) is 0 Å². The van der Waals surface area contributed by atoms with Crippen molar-refractivity contribution in [3.8, 4) is 11.5 Å². The van der Waals surface area contributed by atoms with Gasteiger partial charge in [0.15, 0.2) is 11.5 Å². The second kappa shape index (κ2) is 12.1. The Balaban J connectivity index is 1.49. The average Bonchev–Trinajstić information content (AvgIpc) is 3.50. The Kier molecular flexibility index (Phi) is 8.15. The van der Waals surface area contributed by atoms with Crippen LogP contribution in [0.2, 0.25) is 0 Å². The van der Waals surface area contributed by atoms with Crippen molar-refractivity contribution in [2.75, 3.05) is 13.7 Å². The van der Waals surface area contributed by atoms with Crippen molar-refractivity contribution >= 4 is 17.8 Å². The highest BCUT2D eigenvalue weighted by Crippen LogP contribution is 2.33. The van der Waals surface area contributed by atoms with E-state index in [4.69, 9.17) is 18.6 Å². The molecule has 0 spiro atoms. The molecule has 3 aromatic rings. The number of benzene rings is 2. The number of esters is 1. The normalized spacial score (nSPS) is 17.6. The summed E-state index contributed by atoms with van der Waals surface area (Å²) in [6.45, 7) is 0.0393. The Morgan fingerprint density at radius 2 is 1.72 bits per heavy atom. The predicted octanol–water partition coefficient (Wildman–Crippen LogP) is 4.43. The number of fused-ring (bicyclic) bond motifs is 1. The third-order valence-electron chi connectivity index (χ3n) is 7.13. The molecule has 1 aliphatic heterocycles. The Morgan fingerprint density at radius 1 is 0.974 bits per heavy atom. The fourth-order valence-electron chi connectivity index (χ4n) is 5.11. The van der Waals surface area contributed by atoms with Crippen LogP contribution in [0, 0.1) is 0 Å². The number of ether oxygens (including phenoxy) is 3. The molecular formula is C30H32N2O7. The van der Waals surface area contributed by atoms with Crippen molar-refractivity contribution in [2.24, 2.45) is 0 Å². The maximum absolute atomic E-state index is 14.1. The first-order valence-electron chi connectivity index (χ1n) is 13.2. The maximum atomic E-state index is 14.1. The highest BCUT2D eigenvalue weighted by Gasteiger charge is 2.39. The molecule has 1 N–H and O–H groups in total. The van der Waals surface area contributed by atoms with E-state index in [9.17, 15) is 14.4 Å². The summed E-state index contributed by atoms with van der Waals surface area (Å²) < 4.78 is 22.3. The van der Waals surface area contributed by atoms with Crippen LogP contribution in [0.15, 0.2) is 71.3 Å². The van der Waals surface area contributed by atoms with Crippen molar-refractivity contribution in [3.05, 3.63) is 83.8 Å². The van der Waals surface area contributed by atoms with E-state index in [1.165, 1.54) is 18.3 Å². The molecular weight excluding hydrogens is 500 g/mol. The summed E-state index contributed by atoms with van der Waals surface area (Å²) >= 11 is 0. The number of hydrogen-bond donors (Lipinski definition) is 1. The van der Waals surface area contributed by atoms with Gasteiger partial charge in [0.1, 0.15) is 18.4 Å². The minimum Gasteiger partial charge on any atom is -0.485 e. The van der Waals surface area contributed by atoms with E-state index >= 15 is 0 Å². The molecule has 2 atom stereocenters. The summed E-state index contributed by atoms with van der Waals surface area (Å²) in [6, 6.07) is 16.2. The van der Waals surface area contributed by atoms with Crippen LogP contribution in [-0.4, -0.2) is 48.5 Å². The van der Waals surface area contributed by atoms with Crippen molar-refractivity contribution in [2.45, 2.75) is 56.8 Å². The molecule has 0 radical (unpaired) electrons. The van der Waals surface area contributed by atoms with Gasteiger partial charge in [0.25, 0.3) is 5.91 Å². The molecule has 0 bridgehead atoms. The third kappa shape index (κ3) is 6.08. The van der Waals surface area contributed by atoms with Gasteiger partial charge in [-0.2, -0.15) is 0 Å². The average molecular weight is 533 g/mol. The first-order chi connectivity index (χ1) is 19.0. The van der Waals surface area contributed by atoms with Crippen molar-refractivity contribution in [1.82, 2.24) is 10.2 Å². The fourth-order valence-corrected chi connectivity index (χ4v) is 5.11. The number of nitrogens with zero attached hydrogens (tertiary/aromatic N) is 1. The molecule has 9 nitrogen and oxygen atoms in total. The van der Waals surface area contributed by atoms with Crippen molar-refractivity contribution < 1.29 is 33.0 Å². The number of para-hydroxylation sites is 2. The van der Waals surface area contributed by atoms with E-state index < -0.39 is 24.0 Å². The molecule has 39 heavy (non-hydrogen) atoms. The summed E-state index contributed by atoms with van der Waals surface area (Å²) in [5.74, 6) is 0.336. The van der Waals surface area contributed by atoms with Crippen LogP contribution in [-0.2, 0) is 20.9 Å². The molecule has 2 aromatic carbocycles. The van der Waals surface area contributed by atoms with Gasteiger partial charge >= 0.3 is 5.97 Å². The number of carbonyl (C=O) groups is 3. The molecule has 2 amide bonds. The summed E-state index contributed by atoms with van der Waals surface area (Å²) in [5.41, 5.74) is 0.894. The number of nitrogens with one attached hydrogen (secondary N) is 1. The maximum Gasteiger partial charge on any atom is 0.337 e. The molecule has 9 heteroatoms. The number of carbonyl (C=O) groups excluding carboxylic acids is 3. The van der Waals surface area contributed by atoms with Crippen LogP contribution >= 0.6 is 0 Å². The molecule has 0 unspecified atom stereocenters. The summed E-state index contributed by atoms with van der Waals surface area (Å²) in [6.07, 6.45) is 5.58. The lowest BCUT2D eigenvalue weighted by Crippen LogP contribution is -2.52. The fraction of sp³-hybridized carbons (Fsp3) is 0.367. The van der Waals surface area contributed by atoms with Gasteiger partial charge in [-0.25, -0.2) is 4.79 Å². The molecule has 0 saturated heterocycles. The van der Waals surface area contributed by atoms with Crippen LogP contribution in [0.25, 0.3) is 0 Å². The minimum atomic E-state index is -1.00. The lowest BCUT2D eigenvalue weighted by Gasteiger charge is -2.36. The lowest BCUT2D eigenvalue weighted by atomic mass is 9.94. The Morgan fingerprint density at radius 3 is 2.41 bits per heavy atom. The van der Waals surface area contributed by atoms with Gasteiger partial charge in [-0.05, 0) is 54.8 Å². The van der Waals surface area contributed by atoms with E-state index in [1.807, 2.05) is 6.07 Å². The van der Waals surface area contributed by atoms with Crippen molar-refractivity contribution in [1.29, 1.82) is 0 Å². The smallest absolute Gasteiger partial charge is 0.337 e. The van der Waals surface area contributed by atoms with E-state index in [2.05, 4.69) is 5.32 Å². The van der Waals surface area contributed by atoms with Crippen LogP contribution in [0.5, 0.6) is 11.5 Å². The molecule has 5 rings (SSSR count). The van der Waals surface area contributed by atoms with E-state index in [-0.39, 0.29) is 25.1 Å². The van der Waals surface area contributed by atoms with E-state index in [1.54, 1.807) is 54.6 Å². The van der Waals surface area contributed by atoms with Gasteiger partial charge < -0.3 is 28.8 Å². The highest BCUT2D eigenvalue weighted by molar-refractivity contribution is 5.92. The van der Waals surface area contributed by atoms with Gasteiger partial charge in [-0.3, -0.25) is 9.59 Å². The SMILES string of the molecule is COC(=O)c1ccc([C@H](C(=O)NC2CCCCC2)N(Cc2ccco2)C(=O)[C@@H]2COc3ccccc3O2)cc1. The first kappa shape index (κ1) is 26.3. The van der Waals surface area contributed by atoms with E-state index in [0.29, 0.717) is 28.4 Å². The molecule has 204 valence electrons. The molecule has 1 aliphatic carbocycles. The quantitative estimate of drug-likeness (QED) is 0.428. The zero-order valence-electron chi connectivity index (χ0n) is 21.8. The number of rotatable bonds is 8. The van der Waals surface area contributed by atoms with Crippen LogP contribution in [0.3, 0.4) is 0 Å². The highest BCUT2D eigenvalue weighted by atomic mass is 16.6. The summed E-state index contributed by atoms with van der Waals surface area (Å²) in [7, 11) is 1.31. The van der Waals surface area contributed by atoms with Gasteiger partial charge in [0.2, 0.25) is 12.0 Å². The molecule has 2 heterocycles. The molecule has 2 aliphatic rings. The van der Waals surface area contributed by atoms with Gasteiger partial charge in [-0.15, -0.1) is 0 Å². The zero-order valence-corrected chi connectivity index (χ0v) is 21.8. The second-order valence-corrected chi connectivity index (χ2v) is 9.77. The molecule has 1 saturated carbocycles. The molecule has 1 fully saturated rings. The standard InChI is InChI=1S/C30H32N2O7/c1-36-30(35)21-15-13-20(14-16-21)27(28(33)31-22-8-3-2-4-9-22)32(18-23-10-7-17-37-23)29(34)26-19-38-24-11-5-6-12-25(24)39-26/h5-7,10-17,22,26-27H,2-4,8-9,18-19H2,1H3,(H,31,33)/t26-,27+/m0/s1. The Bertz CT molecular complexity index is 1280. The number of methoxy groups -OCH3 is 1. The number of amides is 2. The van der Waals surface area contributed by atoms with Crippen LogP contribution in [0.1, 0.15) is 59.8 Å². The summed E-state index contributed by atoms with van der Waals surface area (Å²) in [4.78, 5) is 41.5. The van der Waals surface area contributed by atoms with Crippen molar-refractivity contribution in [3.63, 3.8) is 0 Å². The largest absolute Gasteiger partial charge is 0.485 e.